The van der Waals surface area contributed by atoms with Crippen molar-refractivity contribution in [2.75, 3.05) is 5.32 Å². The second-order valence-electron chi connectivity index (χ2n) is 6.12. The number of anilines is 1. The van der Waals surface area contributed by atoms with E-state index in [1.54, 1.807) is 30.8 Å². The lowest BCUT2D eigenvalue weighted by molar-refractivity contribution is -0.122. The lowest BCUT2D eigenvalue weighted by atomic mass is 10.1. The van der Waals surface area contributed by atoms with E-state index < -0.39 is 6.10 Å². The molecular weight excluding hydrogens is 430 g/mol. The largest absolute Gasteiger partial charge is 0.479 e. The van der Waals surface area contributed by atoms with Crippen molar-refractivity contribution in [2.45, 2.75) is 20.0 Å². The highest BCUT2D eigenvalue weighted by Gasteiger charge is 2.22. The average molecular weight is 449 g/mol. The van der Waals surface area contributed by atoms with Gasteiger partial charge in [-0.05, 0) is 43.7 Å². The molecule has 0 saturated heterocycles. The molecule has 1 N–H and O–H groups in total. The first-order valence-electron chi connectivity index (χ1n) is 8.38. The molecule has 2 aromatic carbocycles. The molecule has 3 aromatic rings. The number of aryl methyl sites for hydroxylation is 2. The van der Waals surface area contributed by atoms with Crippen LogP contribution in [0.3, 0.4) is 0 Å². The van der Waals surface area contributed by atoms with Gasteiger partial charge >= 0.3 is 0 Å². The fraction of sp³-hybridized carbons (Fsp3) is 0.200. The molecule has 1 aromatic heterocycles. The van der Waals surface area contributed by atoms with E-state index in [-0.39, 0.29) is 5.91 Å². The zero-order chi connectivity index (χ0) is 19.6. The van der Waals surface area contributed by atoms with Gasteiger partial charge in [0.05, 0.1) is 10.7 Å². The zero-order valence-corrected chi connectivity index (χ0v) is 17.5. The molecule has 27 heavy (non-hydrogen) atoms. The minimum atomic E-state index is -0.724. The summed E-state index contributed by atoms with van der Waals surface area (Å²) in [6, 6.07) is 14.9. The molecule has 140 valence electrons. The number of amides is 1. The Labute approximate surface area is 171 Å². The van der Waals surface area contributed by atoms with Crippen LogP contribution in [0, 0.1) is 6.92 Å². The fourth-order valence-electron chi connectivity index (χ4n) is 2.77. The van der Waals surface area contributed by atoms with Gasteiger partial charge in [-0.3, -0.25) is 9.48 Å². The summed E-state index contributed by atoms with van der Waals surface area (Å²) in [5.74, 6) is 0.807. The molecule has 0 saturated carbocycles. The minimum absolute atomic E-state index is 0.281. The number of aromatic nitrogens is 2. The van der Waals surface area contributed by atoms with Crippen molar-refractivity contribution in [2.24, 2.45) is 7.05 Å². The first-order chi connectivity index (χ1) is 12.9. The van der Waals surface area contributed by atoms with Gasteiger partial charge in [0.2, 0.25) is 0 Å². The monoisotopic (exact) mass is 447 g/mol. The highest BCUT2D eigenvalue weighted by molar-refractivity contribution is 9.10. The maximum absolute atomic E-state index is 12.7. The van der Waals surface area contributed by atoms with Gasteiger partial charge in [0, 0.05) is 17.1 Å². The molecule has 0 aliphatic carbocycles. The second kappa shape index (κ2) is 8.15. The lowest BCUT2D eigenvalue weighted by Gasteiger charge is -2.16. The normalized spacial score (nSPS) is 11.9. The van der Waals surface area contributed by atoms with E-state index in [4.69, 9.17) is 16.3 Å². The standard InChI is InChI=1S/C20H19BrClN3O2/c1-12-18(14-8-10-15(21)11-9-14)19(25(3)24-12)23-20(26)13(2)27-17-7-5-4-6-16(17)22/h4-11,13H,1-3H3,(H,23,26). The number of nitrogens with zero attached hydrogens (tertiary/aromatic N) is 2. The Morgan fingerprint density at radius 3 is 2.56 bits per heavy atom. The van der Waals surface area contributed by atoms with Crippen molar-refractivity contribution in [1.82, 2.24) is 9.78 Å². The van der Waals surface area contributed by atoms with Crippen molar-refractivity contribution in [3.8, 4) is 16.9 Å². The molecule has 0 bridgehead atoms. The number of ether oxygens (including phenoxy) is 1. The number of para-hydroxylation sites is 1. The smallest absolute Gasteiger partial charge is 0.266 e. The summed E-state index contributed by atoms with van der Waals surface area (Å²) in [6.45, 7) is 3.60. The van der Waals surface area contributed by atoms with Crippen LogP contribution in [0.15, 0.2) is 53.0 Å². The van der Waals surface area contributed by atoms with Crippen molar-refractivity contribution in [1.29, 1.82) is 0 Å². The van der Waals surface area contributed by atoms with Crippen LogP contribution in [0.1, 0.15) is 12.6 Å². The van der Waals surface area contributed by atoms with Gasteiger partial charge in [0.15, 0.2) is 6.10 Å². The number of halogens is 2. The summed E-state index contributed by atoms with van der Waals surface area (Å²) < 4.78 is 8.35. The van der Waals surface area contributed by atoms with E-state index in [2.05, 4.69) is 26.3 Å². The molecule has 1 atom stereocenters. The third-order valence-corrected chi connectivity index (χ3v) is 4.95. The van der Waals surface area contributed by atoms with Gasteiger partial charge in [-0.15, -0.1) is 0 Å². The van der Waals surface area contributed by atoms with Gasteiger partial charge in [0.1, 0.15) is 11.6 Å². The quantitative estimate of drug-likeness (QED) is 0.582. The van der Waals surface area contributed by atoms with Crippen LogP contribution >= 0.6 is 27.5 Å². The summed E-state index contributed by atoms with van der Waals surface area (Å²) >= 11 is 9.54. The summed E-state index contributed by atoms with van der Waals surface area (Å²) in [6.07, 6.45) is -0.724. The number of carbonyl (C=O) groups is 1. The predicted molar refractivity (Wildman–Crippen MR) is 111 cm³/mol. The Bertz CT molecular complexity index is 970. The van der Waals surface area contributed by atoms with Crippen molar-refractivity contribution < 1.29 is 9.53 Å². The zero-order valence-electron chi connectivity index (χ0n) is 15.2. The van der Waals surface area contributed by atoms with Gasteiger partial charge in [-0.25, -0.2) is 0 Å². The van der Waals surface area contributed by atoms with Crippen LogP contribution < -0.4 is 10.1 Å². The van der Waals surface area contributed by atoms with Gasteiger partial charge in [0.25, 0.3) is 5.91 Å². The maximum Gasteiger partial charge on any atom is 0.266 e. The van der Waals surface area contributed by atoms with E-state index in [1.165, 1.54) is 0 Å². The van der Waals surface area contributed by atoms with E-state index in [0.29, 0.717) is 16.6 Å². The van der Waals surface area contributed by atoms with Gasteiger partial charge < -0.3 is 10.1 Å². The van der Waals surface area contributed by atoms with Crippen LogP contribution in [0.5, 0.6) is 5.75 Å². The Balaban J connectivity index is 1.84. The first kappa shape index (κ1) is 19.5. The molecule has 1 amide bonds. The molecule has 3 rings (SSSR count). The molecule has 0 aliphatic rings. The van der Waals surface area contributed by atoms with Crippen LogP contribution in [-0.4, -0.2) is 21.8 Å². The van der Waals surface area contributed by atoms with Crippen LogP contribution in [-0.2, 0) is 11.8 Å². The number of benzene rings is 2. The molecule has 0 aliphatic heterocycles. The van der Waals surface area contributed by atoms with Crippen molar-refractivity contribution in [3.63, 3.8) is 0 Å². The first-order valence-corrected chi connectivity index (χ1v) is 9.55. The Kier molecular flexibility index (Phi) is 5.87. The van der Waals surface area contributed by atoms with Gasteiger partial charge in [-0.1, -0.05) is 51.8 Å². The van der Waals surface area contributed by atoms with Crippen LogP contribution in [0.25, 0.3) is 11.1 Å². The van der Waals surface area contributed by atoms with Crippen LogP contribution in [0.4, 0.5) is 5.82 Å². The summed E-state index contributed by atoms with van der Waals surface area (Å²) in [5.41, 5.74) is 2.68. The van der Waals surface area contributed by atoms with Crippen LogP contribution in [0.2, 0.25) is 5.02 Å². The maximum atomic E-state index is 12.7. The lowest BCUT2D eigenvalue weighted by Crippen LogP contribution is -2.31. The number of hydrogen-bond acceptors (Lipinski definition) is 3. The summed E-state index contributed by atoms with van der Waals surface area (Å²) in [4.78, 5) is 12.7. The van der Waals surface area contributed by atoms with Crippen molar-refractivity contribution >= 4 is 39.3 Å². The van der Waals surface area contributed by atoms with E-state index in [9.17, 15) is 4.79 Å². The van der Waals surface area contributed by atoms with E-state index in [0.717, 1.165) is 21.3 Å². The number of nitrogens with one attached hydrogen (secondary N) is 1. The van der Waals surface area contributed by atoms with E-state index >= 15 is 0 Å². The molecule has 0 fully saturated rings. The molecule has 0 spiro atoms. The van der Waals surface area contributed by atoms with Gasteiger partial charge in [-0.2, -0.15) is 5.10 Å². The fourth-order valence-corrected chi connectivity index (χ4v) is 3.21. The summed E-state index contributed by atoms with van der Waals surface area (Å²) in [5, 5.41) is 7.84. The molecule has 1 unspecified atom stereocenters. The Morgan fingerprint density at radius 1 is 1.22 bits per heavy atom. The SMILES string of the molecule is Cc1nn(C)c(NC(=O)C(C)Oc2ccccc2Cl)c1-c1ccc(Br)cc1. The predicted octanol–water partition coefficient (Wildman–Crippen LogP) is 5.22. The molecule has 0 radical (unpaired) electrons. The average Bonchev–Trinajstić information content (AvgIpc) is 2.91. The Hall–Kier alpha value is -2.31. The highest BCUT2D eigenvalue weighted by atomic mass is 79.9. The minimum Gasteiger partial charge on any atom is -0.479 e. The number of hydrogen-bond donors (Lipinski definition) is 1. The molecule has 5 nitrogen and oxygen atoms in total. The topological polar surface area (TPSA) is 56.2 Å². The second-order valence-corrected chi connectivity index (χ2v) is 7.44. The number of carbonyl (C=O) groups excluding carboxylic acids is 1. The van der Waals surface area contributed by atoms with E-state index in [1.807, 2.05) is 43.3 Å². The number of rotatable bonds is 5. The third-order valence-electron chi connectivity index (χ3n) is 4.11. The highest BCUT2D eigenvalue weighted by Crippen LogP contribution is 2.32. The van der Waals surface area contributed by atoms with Crippen molar-refractivity contribution in [3.05, 3.63) is 63.7 Å². The molecule has 1 heterocycles. The third kappa shape index (κ3) is 4.34. The summed E-state index contributed by atoms with van der Waals surface area (Å²) in [7, 11) is 1.80. The Morgan fingerprint density at radius 2 is 1.89 bits per heavy atom. The molecule has 7 heteroatoms. The molecular formula is C20H19BrClN3O2.